The Hall–Kier alpha value is -2.87. The predicted molar refractivity (Wildman–Crippen MR) is 133 cm³/mol. The maximum atomic E-state index is 10.8. The summed E-state index contributed by atoms with van der Waals surface area (Å²) in [5, 5.41) is 15.3. The summed E-state index contributed by atoms with van der Waals surface area (Å²) >= 11 is 0. The smallest absolute Gasteiger partial charge is 0.232 e. The third kappa shape index (κ3) is 6.59. The Balaban J connectivity index is 1.53. The average molecular weight is 466 g/mol. The summed E-state index contributed by atoms with van der Waals surface area (Å²) in [5.74, 6) is 2.00. The molecule has 7 nitrogen and oxygen atoms in total. The second-order valence-electron chi connectivity index (χ2n) is 9.15. The highest BCUT2D eigenvalue weighted by atomic mass is 16.5. The van der Waals surface area contributed by atoms with E-state index in [-0.39, 0.29) is 6.61 Å². The van der Waals surface area contributed by atoms with Gasteiger partial charge in [-0.25, -0.2) is 0 Å². The highest BCUT2D eigenvalue weighted by Crippen LogP contribution is 2.33. The third-order valence-electron chi connectivity index (χ3n) is 5.77. The van der Waals surface area contributed by atoms with Crippen molar-refractivity contribution in [3.05, 3.63) is 66.2 Å². The molecule has 2 aromatic carbocycles. The van der Waals surface area contributed by atoms with Gasteiger partial charge in [0.2, 0.25) is 5.88 Å². The van der Waals surface area contributed by atoms with Gasteiger partial charge in [-0.05, 0) is 18.1 Å². The van der Waals surface area contributed by atoms with Gasteiger partial charge >= 0.3 is 0 Å². The number of morpholine rings is 1. The number of anilines is 1. The fraction of sp³-hybridized carbons (Fsp3) is 0.444. The van der Waals surface area contributed by atoms with Crippen LogP contribution >= 0.6 is 0 Å². The number of aliphatic hydroxyl groups excluding tert-OH is 1. The summed E-state index contributed by atoms with van der Waals surface area (Å²) in [6, 6.07) is 19.7. The van der Waals surface area contributed by atoms with E-state index in [1.54, 1.807) is 0 Å². The SMILES string of the molecule is CC(C)CN(Cc1c(-c2ccccc2)noc1N1CCOCC1)CC(O)COc1ccccc1. The van der Waals surface area contributed by atoms with Gasteiger partial charge in [-0.1, -0.05) is 67.5 Å². The van der Waals surface area contributed by atoms with E-state index in [0.717, 1.165) is 48.1 Å². The van der Waals surface area contributed by atoms with Gasteiger partial charge in [0.1, 0.15) is 24.2 Å². The molecule has 0 saturated carbocycles. The predicted octanol–water partition coefficient (Wildman–Crippen LogP) is 4.08. The molecule has 1 saturated heterocycles. The first-order chi connectivity index (χ1) is 16.6. The highest BCUT2D eigenvalue weighted by Gasteiger charge is 2.26. The van der Waals surface area contributed by atoms with Crippen LogP contribution in [0.1, 0.15) is 19.4 Å². The average Bonchev–Trinajstić information content (AvgIpc) is 3.27. The number of hydrogen-bond donors (Lipinski definition) is 1. The summed E-state index contributed by atoms with van der Waals surface area (Å²) in [5.41, 5.74) is 2.93. The van der Waals surface area contributed by atoms with Crippen LogP contribution in [0.15, 0.2) is 65.2 Å². The van der Waals surface area contributed by atoms with Gasteiger partial charge in [-0.2, -0.15) is 0 Å². The molecule has 1 aliphatic heterocycles. The van der Waals surface area contributed by atoms with Crippen LogP contribution in [0, 0.1) is 5.92 Å². The molecular formula is C27H35N3O4. The number of aliphatic hydroxyl groups is 1. The van der Waals surface area contributed by atoms with Gasteiger partial charge in [0.15, 0.2) is 0 Å². The molecule has 1 fully saturated rings. The number of benzene rings is 2. The summed E-state index contributed by atoms with van der Waals surface area (Å²) in [6.45, 7) is 9.46. The Kier molecular flexibility index (Phi) is 8.57. The molecule has 182 valence electrons. The van der Waals surface area contributed by atoms with Gasteiger partial charge in [-0.3, -0.25) is 4.90 Å². The van der Waals surface area contributed by atoms with E-state index in [1.165, 1.54) is 0 Å². The van der Waals surface area contributed by atoms with Crippen LogP contribution in [0.4, 0.5) is 5.88 Å². The van der Waals surface area contributed by atoms with Gasteiger partial charge < -0.3 is 24.0 Å². The summed E-state index contributed by atoms with van der Waals surface area (Å²) < 4.78 is 17.2. The van der Waals surface area contributed by atoms with Crippen LogP contribution in [-0.4, -0.2) is 67.3 Å². The largest absolute Gasteiger partial charge is 0.491 e. The fourth-order valence-corrected chi connectivity index (χ4v) is 4.28. The Morgan fingerprint density at radius 3 is 2.35 bits per heavy atom. The van der Waals surface area contributed by atoms with Crippen LogP contribution in [0.5, 0.6) is 5.75 Å². The second kappa shape index (κ2) is 12.0. The molecule has 1 aliphatic rings. The first-order valence-electron chi connectivity index (χ1n) is 12.0. The number of para-hydroxylation sites is 1. The number of nitrogens with zero attached hydrogens (tertiary/aromatic N) is 3. The summed E-state index contributed by atoms with van der Waals surface area (Å²) in [7, 11) is 0. The van der Waals surface area contributed by atoms with Crippen molar-refractivity contribution in [2.24, 2.45) is 5.92 Å². The first-order valence-corrected chi connectivity index (χ1v) is 12.0. The zero-order valence-corrected chi connectivity index (χ0v) is 20.1. The van der Waals surface area contributed by atoms with E-state index in [0.29, 0.717) is 32.2 Å². The molecule has 1 atom stereocenters. The minimum atomic E-state index is -0.620. The lowest BCUT2D eigenvalue weighted by Crippen LogP contribution is -2.39. The van der Waals surface area contributed by atoms with Crippen molar-refractivity contribution in [2.75, 3.05) is 50.9 Å². The van der Waals surface area contributed by atoms with Crippen LogP contribution in [0.2, 0.25) is 0 Å². The van der Waals surface area contributed by atoms with Gasteiger partial charge in [0, 0.05) is 38.3 Å². The van der Waals surface area contributed by atoms with Crippen LogP contribution in [0.3, 0.4) is 0 Å². The molecule has 0 amide bonds. The first kappa shape index (κ1) is 24.3. The fourth-order valence-electron chi connectivity index (χ4n) is 4.28. The molecule has 0 radical (unpaired) electrons. The van der Waals surface area contributed by atoms with Crippen molar-refractivity contribution < 1.29 is 19.1 Å². The topological polar surface area (TPSA) is 71.2 Å². The quantitative estimate of drug-likeness (QED) is 0.458. The lowest BCUT2D eigenvalue weighted by Gasteiger charge is -2.30. The van der Waals surface area contributed by atoms with Crippen molar-refractivity contribution in [2.45, 2.75) is 26.5 Å². The summed E-state index contributed by atoms with van der Waals surface area (Å²) in [6.07, 6.45) is -0.620. The Morgan fingerprint density at radius 2 is 1.68 bits per heavy atom. The monoisotopic (exact) mass is 465 g/mol. The van der Waals surface area contributed by atoms with Crippen molar-refractivity contribution in [3.63, 3.8) is 0 Å². The molecule has 0 aliphatic carbocycles. The lowest BCUT2D eigenvalue weighted by atomic mass is 10.1. The number of rotatable bonds is 11. The van der Waals surface area contributed by atoms with Crippen molar-refractivity contribution in [1.29, 1.82) is 0 Å². The Labute approximate surface area is 201 Å². The molecule has 0 bridgehead atoms. The zero-order valence-electron chi connectivity index (χ0n) is 20.1. The van der Waals surface area contributed by atoms with Crippen LogP contribution in [0.25, 0.3) is 11.3 Å². The number of hydrogen-bond acceptors (Lipinski definition) is 7. The van der Waals surface area contributed by atoms with Gasteiger partial charge in [0.25, 0.3) is 0 Å². The molecule has 2 heterocycles. The van der Waals surface area contributed by atoms with Gasteiger partial charge in [-0.15, -0.1) is 0 Å². The molecule has 1 aromatic heterocycles. The molecule has 0 spiro atoms. The number of ether oxygens (including phenoxy) is 2. The van der Waals surface area contributed by atoms with E-state index in [4.69, 9.17) is 14.0 Å². The van der Waals surface area contributed by atoms with Crippen LogP contribution in [-0.2, 0) is 11.3 Å². The molecule has 3 aromatic rings. The third-order valence-corrected chi connectivity index (χ3v) is 5.77. The Bertz CT molecular complexity index is 988. The minimum absolute atomic E-state index is 0.240. The standard InChI is InChI=1S/C27H35N3O4/c1-21(2)17-29(18-23(31)20-33-24-11-7-4-8-12-24)19-25-26(22-9-5-3-6-10-22)28-34-27(25)30-13-15-32-16-14-30/h3-12,21,23,31H,13-20H2,1-2H3. The van der Waals surface area contributed by atoms with E-state index in [9.17, 15) is 5.11 Å². The number of aromatic nitrogens is 1. The highest BCUT2D eigenvalue weighted by molar-refractivity contribution is 5.68. The van der Waals surface area contributed by atoms with E-state index < -0.39 is 6.10 Å². The van der Waals surface area contributed by atoms with Crippen molar-refractivity contribution in [1.82, 2.24) is 10.1 Å². The Morgan fingerprint density at radius 1 is 1.00 bits per heavy atom. The maximum absolute atomic E-state index is 10.8. The normalized spacial score (nSPS) is 15.1. The lowest BCUT2D eigenvalue weighted by molar-refractivity contribution is 0.0614. The molecule has 4 rings (SSSR count). The molecule has 1 unspecified atom stereocenters. The van der Waals surface area contributed by atoms with Crippen molar-refractivity contribution >= 4 is 5.88 Å². The van der Waals surface area contributed by atoms with Gasteiger partial charge in [0.05, 0.1) is 18.8 Å². The van der Waals surface area contributed by atoms with E-state index >= 15 is 0 Å². The molecule has 34 heavy (non-hydrogen) atoms. The second-order valence-corrected chi connectivity index (χ2v) is 9.15. The molecule has 1 N–H and O–H groups in total. The minimum Gasteiger partial charge on any atom is -0.491 e. The van der Waals surface area contributed by atoms with Crippen LogP contribution < -0.4 is 9.64 Å². The molecule has 7 heteroatoms. The van der Waals surface area contributed by atoms with E-state index in [1.807, 2.05) is 48.5 Å². The van der Waals surface area contributed by atoms with Crippen molar-refractivity contribution in [3.8, 4) is 17.0 Å². The molecular weight excluding hydrogens is 430 g/mol. The summed E-state index contributed by atoms with van der Waals surface area (Å²) in [4.78, 5) is 4.48. The zero-order chi connectivity index (χ0) is 23.8. The maximum Gasteiger partial charge on any atom is 0.232 e. The van der Waals surface area contributed by atoms with E-state index in [2.05, 4.69) is 40.9 Å².